The van der Waals surface area contributed by atoms with E-state index in [0.29, 0.717) is 16.9 Å². The van der Waals surface area contributed by atoms with Gasteiger partial charge in [0.05, 0.1) is 6.20 Å². The molecule has 1 aliphatic rings. The molecule has 2 rings (SSSR count). The maximum atomic E-state index is 11.0. The molecule has 1 N–H and O–H groups in total. The topological polar surface area (TPSA) is 59.4 Å². The lowest BCUT2D eigenvalue weighted by molar-refractivity contribution is -0.0890. The van der Waals surface area contributed by atoms with Crippen molar-refractivity contribution < 1.29 is 14.6 Å². The Kier molecular flexibility index (Phi) is 3.97. The standard InChI is InChI=1S/C14H21NO3S/c1-4-18-14(7-5-13(2,3)6-8-14)12-15-9-10(19-12)11(16)17/h9H,4-8H2,1-3H3,(H,16,17). The van der Waals surface area contributed by atoms with E-state index in [4.69, 9.17) is 9.84 Å². The van der Waals surface area contributed by atoms with Gasteiger partial charge in [0.25, 0.3) is 0 Å². The number of thiazole rings is 1. The quantitative estimate of drug-likeness (QED) is 0.915. The number of carbonyl (C=O) groups is 1. The number of nitrogens with zero attached hydrogens (tertiary/aromatic N) is 1. The fourth-order valence-electron chi connectivity index (χ4n) is 2.61. The van der Waals surface area contributed by atoms with E-state index in [2.05, 4.69) is 18.8 Å². The highest BCUT2D eigenvalue weighted by Crippen LogP contribution is 2.48. The molecule has 1 heterocycles. The summed E-state index contributed by atoms with van der Waals surface area (Å²) in [7, 11) is 0. The van der Waals surface area contributed by atoms with Gasteiger partial charge in [0.15, 0.2) is 0 Å². The Labute approximate surface area is 117 Å². The number of aromatic nitrogens is 1. The highest BCUT2D eigenvalue weighted by molar-refractivity contribution is 7.13. The molecule has 1 aromatic rings. The second-order valence-electron chi connectivity index (χ2n) is 5.93. The van der Waals surface area contributed by atoms with E-state index in [1.807, 2.05) is 6.92 Å². The molecule has 0 amide bonds. The van der Waals surface area contributed by atoms with Gasteiger partial charge in [0, 0.05) is 6.61 Å². The van der Waals surface area contributed by atoms with Crippen molar-refractivity contribution in [2.75, 3.05) is 6.61 Å². The van der Waals surface area contributed by atoms with Gasteiger partial charge in [-0.1, -0.05) is 13.8 Å². The maximum absolute atomic E-state index is 11.0. The molecule has 0 atom stereocenters. The number of ether oxygens (including phenoxy) is 1. The summed E-state index contributed by atoms with van der Waals surface area (Å²) in [5.41, 5.74) is -0.0316. The average Bonchev–Trinajstić information content (AvgIpc) is 2.83. The van der Waals surface area contributed by atoms with Crippen LogP contribution >= 0.6 is 11.3 Å². The largest absolute Gasteiger partial charge is 0.477 e. The van der Waals surface area contributed by atoms with Crippen molar-refractivity contribution >= 4 is 17.3 Å². The van der Waals surface area contributed by atoms with E-state index in [-0.39, 0.29) is 5.60 Å². The van der Waals surface area contributed by atoms with Crippen LogP contribution in [0, 0.1) is 5.41 Å². The van der Waals surface area contributed by atoms with Crippen LogP contribution in [0.5, 0.6) is 0 Å². The normalized spacial score (nSPS) is 21.2. The zero-order valence-corrected chi connectivity index (χ0v) is 12.5. The molecule has 5 heteroatoms. The number of carboxylic acids is 1. The molecule has 19 heavy (non-hydrogen) atoms. The molecule has 1 aromatic heterocycles. The number of carboxylic acid groups (broad SMARTS) is 1. The van der Waals surface area contributed by atoms with Crippen LogP contribution in [0.3, 0.4) is 0 Å². The Balaban J connectivity index is 2.26. The summed E-state index contributed by atoms with van der Waals surface area (Å²) < 4.78 is 6.00. The maximum Gasteiger partial charge on any atom is 0.347 e. The van der Waals surface area contributed by atoms with E-state index in [1.54, 1.807) is 0 Å². The Bertz CT molecular complexity index is 457. The van der Waals surface area contributed by atoms with Gasteiger partial charge in [0.1, 0.15) is 15.5 Å². The third-order valence-electron chi connectivity index (χ3n) is 3.94. The summed E-state index contributed by atoms with van der Waals surface area (Å²) in [6, 6.07) is 0. The summed E-state index contributed by atoms with van der Waals surface area (Å²) in [5, 5.41) is 9.84. The summed E-state index contributed by atoms with van der Waals surface area (Å²) in [4.78, 5) is 15.6. The van der Waals surface area contributed by atoms with Crippen molar-refractivity contribution in [3.8, 4) is 0 Å². The first-order chi connectivity index (χ1) is 8.88. The van der Waals surface area contributed by atoms with Crippen molar-refractivity contribution in [3.63, 3.8) is 0 Å². The first kappa shape index (κ1) is 14.5. The van der Waals surface area contributed by atoms with Gasteiger partial charge in [-0.3, -0.25) is 0 Å². The average molecular weight is 283 g/mol. The smallest absolute Gasteiger partial charge is 0.347 e. The number of rotatable bonds is 4. The zero-order chi connectivity index (χ0) is 14.1. The molecule has 0 bridgehead atoms. The first-order valence-electron chi connectivity index (χ1n) is 6.72. The minimum Gasteiger partial charge on any atom is -0.477 e. The van der Waals surface area contributed by atoms with Gasteiger partial charge in [-0.05, 0) is 38.0 Å². The molecular formula is C14H21NO3S. The Morgan fingerprint density at radius 1 is 1.42 bits per heavy atom. The summed E-state index contributed by atoms with van der Waals surface area (Å²) >= 11 is 1.25. The van der Waals surface area contributed by atoms with Crippen LogP contribution in [0.4, 0.5) is 0 Å². The lowest BCUT2D eigenvalue weighted by Gasteiger charge is -2.42. The molecular weight excluding hydrogens is 262 g/mol. The van der Waals surface area contributed by atoms with Crippen molar-refractivity contribution in [1.82, 2.24) is 4.98 Å². The van der Waals surface area contributed by atoms with E-state index in [0.717, 1.165) is 30.7 Å². The predicted molar refractivity (Wildman–Crippen MR) is 74.6 cm³/mol. The number of hydrogen-bond donors (Lipinski definition) is 1. The van der Waals surface area contributed by atoms with Crippen LogP contribution in [0.1, 0.15) is 61.1 Å². The van der Waals surface area contributed by atoms with Crippen LogP contribution < -0.4 is 0 Å². The predicted octanol–water partition coefficient (Wildman–Crippen LogP) is 3.67. The number of hydrogen-bond acceptors (Lipinski definition) is 4. The molecule has 0 radical (unpaired) electrons. The van der Waals surface area contributed by atoms with Gasteiger partial charge >= 0.3 is 5.97 Å². The zero-order valence-electron chi connectivity index (χ0n) is 11.7. The Morgan fingerprint density at radius 3 is 2.53 bits per heavy atom. The molecule has 0 aliphatic heterocycles. The second-order valence-corrected chi connectivity index (χ2v) is 6.96. The van der Waals surface area contributed by atoms with Crippen LogP contribution in [-0.2, 0) is 10.3 Å². The highest BCUT2D eigenvalue weighted by Gasteiger charge is 2.42. The summed E-state index contributed by atoms with van der Waals surface area (Å²) in [6.07, 6.45) is 5.44. The lowest BCUT2D eigenvalue weighted by atomic mass is 9.71. The van der Waals surface area contributed by atoms with Crippen LogP contribution in [0.15, 0.2) is 6.20 Å². The summed E-state index contributed by atoms with van der Waals surface area (Å²) in [5.74, 6) is -0.911. The van der Waals surface area contributed by atoms with Crippen LogP contribution in [-0.4, -0.2) is 22.7 Å². The van der Waals surface area contributed by atoms with E-state index in [9.17, 15) is 4.79 Å². The van der Waals surface area contributed by atoms with Gasteiger partial charge in [-0.25, -0.2) is 9.78 Å². The first-order valence-corrected chi connectivity index (χ1v) is 7.54. The lowest BCUT2D eigenvalue weighted by Crippen LogP contribution is -2.37. The van der Waals surface area contributed by atoms with Crippen molar-refractivity contribution in [2.45, 2.75) is 52.1 Å². The molecule has 1 fully saturated rings. The molecule has 0 spiro atoms. The van der Waals surface area contributed by atoms with E-state index in [1.165, 1.54) is 17.5 Å². The van der Waals surface area contributed by atoms with Crippen molar-refractivity contribution in [1.29, 1.82) is 0 Å². The highest BCUT2D eigenvalue weighted by atomic mass is 32.1. The molecule has 106 valence electrons. The third kappa shape index (κ3) is 2.98. The molecule has 0 saturated heterocycles. The van der Waals surface area contributed by atoms with E-state index < -0.39 is 5.97 Å². The van der Waals surface area contributed by atoms with Gasteiger partial charge in [-0.2, -0.15) is 0 Å². The number of aromatic carboxylic acids is 1. The second kappa shape index (κ2) is 5.21. The minimum atomic E-state index is -0.911. The van der Waals surface area contributed by atoms with Gasteiger partial charge in [-0.15, -0.1) is 11.3 Å². The molecule has 0 unspecified atom stereocenters. The van der Waals surface area contributed by atoms with Crippen LogP contribution in [0.25, 0.3) is 0 Å². The SMILES string of the molecule is CCOC1(c2ncc(C(=O)O)s2)CCC(C)(C)CC1. The fourth-order valence-corrected chi connectivity index (χ4v) is 3.57. The fraction of sp³-hybridized carbons (Fsp3) is 0.714. The monoisotopic (exact) mass is 283 g/mol. The Morgan fingerprint density at radius 2 is 2.05 bits per heavy atom. The molecule has 1 saturated carbocycles. The van der Waals surface area contributed by atoms with Gasteiger partial charge < -0.3 is 9.84 Å². The Hall–Kier alpha value is -0.940. The van der Waals surface area contributed by atoms with Crippen molar-refractivity contribution in [2.24, 2.45) is 5.41 Å². The summed E-state index contributed by atoms with van der Waals surface area (Å²) in [6.45, 7) is 7.15. The van der Waals surface area contributed by atoms with Gasteiger partial charge in [0.2, 0.25) is 0 Å². The van der Waals surface area contributed by atoms with E-state index >= 15 is 0 Å². The third-order valence-corrected chi connectivity index (χ3v) is 5.11. The molecule has 0 aromatic carbocycles. The minimum absolute atomic E-state index is 0.291. The molecule has 4 nitrogen and oxygen atoms in total. The van der Waals surface area contributed by atoms with Crippen LogP contribution in [0.2, 0.25) is 0 Å². The van der Waals surface area contributed by atoms with Crippen molar-refractivity contribution in [3.05, 3.63) is 16.1 Å². The molecule has 1 aliphatic carbocycles.